The van der Waals surface area contributed by atoms with E-state index in [4.69, 9.17) is 4.43 Å². The molecule has 13 heavy (non-hydrogen) atoms. The number of hydrogen-bond acceptors (Lipinski definition) is 1. The Morgan fingerprint density at radius 3 is 1.77 bits per heavy atom. The van der Waals surface area contributed by atoms with Gasteiger partial charge in [-0.3, -0.25) is 0 Å². The summed E-state index contributed by atoms with van der Waals surface area (Å²) in [5.41, 5.74) is 0. The van der Waals surface area contributed by atoms with Crippen molar-refractivity contribution in [3.8, 4) is 0 Å². The fourth-order valence-corrected chi connectivity index (χ4v) is 4.46. The summed E-state index contributed by atoms with van der Waals surface area (Å²) in [4.78, 5) is 0. The van der Waals surface area contributed by atoms with Gasteiger partial charge in [-0.05, 0) is 25.1 Å². The normalized spacial score (nSPS) is 13.6. The van der Waals surface area contributed by atoms with Gasteiger partial charge >= 0.3 is 18.9 Å². The van der Waals surface area contributed by atoms with Crippen molar-refractivity contribution in [1.82, 2.24) is 0 Å². The van der Waals surface area contributed by atoms with Gasteiger partial charge in [-0.15, -0.1) is 0 Å². The second-order valence-corrected chi connectivity index (χ2v) is 8.18. The van der Waals surface area contributed by atoms with Crippen LogP contribution in [0.25, 0.3) is 0 Å². The predicted molar refractivity (Wildman–Crippen MR) is 57.7 cm³/mol. The van der Waals surface area contributed by atoms with E-state index in [-0.39, 0.29) is 18.9 Å². The van der Waals surface area contributed by atoms with E-state index in [2.05, 4.69) is 34.6 Å². The Kier molecular flexibility index (Phi) is 10.1. The van der Waals surface area contributed by atoms with Crippen LogP contribution in [-0.2, 0) is 4.43 Å². The molecule has 0 amide bonds. The van der Waals surface area contributed by atoms with E-state index >= 15 is 0 Å². The van der Waals surface area contributed by atoms with Crippen LogP contribution in [0, 0.1) is 6.92 Å². The molecule has 0 aromatic heterocycles. The summed E-state index contributed by atoms with van der Waals surface area (Å²) in [6.45, 7) is 12.8. The number of hydrogen-bond donors (Lipinski definition) is 0. The summed E-state index contributed by atoms with van der Waals surface area (Å²) in [6, 6.07) is 3.72. The van der Waals surface area contributed by atoms with Crippen LogP contribution in [0.4, 0.5) is 0 Å². The van der Waals surface area contributed by atoms with Crippen LogP contribution < -0.4 is 18.9 Å². The van der Waals surface area contributed by atoms with Crippen LogP contribution in [0.3, 0.4) is 0 Å². The molecule has 0 rings (SSSR count). The molecule has 0 N–H and O–H groups in total. The third-order valence-corrected chi connectivity index (χ3v) is 7.56. The van der Waals surface area contributed by atoms with E-state index in [0.717, 1.165) is 6.42 Å². The first-order valence-corrected chi connectivity index (χ1v) is 7.64. The molecule has 1 atom stereocenters. The van der Waals surface area contributed by atoms with Crippen LogP contribution >= 0.6 is 0 Å². The molecule has 1 nitrogen and oxygen atoms in total. The molecule has 74 valence electrons. The Labute approximate surface area is 96.9 Å². The van der Waals surface area contributed by atoms with Gasteiger partial charge in [0.25, 0.3) is 0 Å². The third kappa shape index (κ3) is 5.27. The molecule has 3 heteroatoms. The number of rotatable bonds is 6. The molecule has 0 saturated carbocycles. The molecule has 0 radical (unpaired) electrons. The minimum absolute atomic E-state index is 0. The Bertz CT molecular complexity index is 107. The Hall–Kier alpha value is 0.774. The molecule has 0 spiro atoms. The van der Waals surface area contributed by atoms with Crippen molar-refractivity contribution in [1.29, 1.82) is 0 Å². The average Bonchev–Trinajstić information content (AvgIpc) is 2.14. The summed E-state index contributed by atoms with van der Waals surface area (Å²) in [7, 11) is -1.34. The molecule has 0 aliphatic heterocycles. The van der Waals surface area contributed by atoms with E-state index in [1.165, 1.54) is 18.1 Å². The van der Waals surface area contributed by atoms with Gasteiger partial charge in [0.1, 0.15) is 0 Å². The summed E-state index contributed by atoms with van der Waals surface area (Å²) in [6.07, 6.45) is 1.26. The fraction of sp³-hybridized carbons (Fsp3) is 0.900. The molecule has 0 heterocycles. The summed E-state index contributed by atoms with van der Waals surface area (Å²) >= 11 is 0. The van der Waals surface area contributed by atoms with Gasteiger partial charge in [0.2, 0.25) is 0 Å². The predicted octanol–water partition coefficient (Wildman–Crippen LogP) is 0.625. The minimum atomic E-state index is -1.34. The van der Waals surface area contributed by atoms with Crippen molar-refractivity contribution < 1.29 is 23.3 Å². The van der Waals surface area contributed by atoms with Crippen LogP contribution in [0.15, 0.2) is 0 Å². The van der Waals surface area contributed by atoms with Gasteiger partial charge < -0.3 is 11.3 Å². The zero-order valence-corrected chi connectivity index (χ0v) is 11.0. The molecule has 1 unspecified atom stereocenters. The molecule has 0 fully saturated rings. The van der Waals surface area contributed by atoms with E-state index in [1.54, 1.807) is 0 Å². The van der Waals surface area contributed by atoms with Gasteiger partial charge in [-0.1, -0.05) is 20.8 Å². The Morgan fingerprint density at radius 2 is 1.54 bits per heavy atom. The maximum atomic E-state index is 6.11. The van der Waals surface area contributed by atoms with E-state index in [9.17, 15) is 0 Å². The van der Waals surface area contributed by atoms with Crippen molar-refractivity contribution in [2.24, 2.45) is 0 Å². The van der Waals surface area contributed by atoms with Crippen LogP contribution in [0.1, 0.15) is 34.1 Å². The molecule has 0 bridgehead atoms. The van der Waals surface area contributed by atoms with E-state index in [1.807, 2.05) is 0 Å². The summed E-state index contributed by atoms with van der Waals surface area (Å²) < 4.78 is 6.11. The van der Waals surface area contributed by atoms with E-state index < -0.39 is 8.32 Å². The molecule has 0 aromatic carbocycles. The van der Waals surface area contributed by atoms with E-state index in [0.29, 0.717) is 6.10 Å². The molecular formula is C10H23LiOSi. The molecule has 0 aliphatic carbocycles. The standard InChI is InChI=1S/C10H23OSi.Li/c1-6-10(5)11-12(7-2,8-3)9-4;/h10H,1,6-9H2,2-5H3;/q-1;+1. The first-order valence-electron chi connectivity index (χ1n) is 5.11. The first-order chi connectivity index (χ1) is 5.64. The fourth-order valence-electron chi connectivity index (χ4n) is 1.49. The summed E-state index contributed by atoms with van der Waals surface area (Å²) in [5.74, 6) is 0. The van der Waals surface area contributed by atoms with Gasteiger partial charge in [0.05, 0.1) is 0 Å². The van der Waals surface area contributed by atoms with Crippen molar-refractivity contribution in [3.05, 3.63) is 6.92 Å². The first kappa shape index (κ1) is 16.2. The monoisotopic (exact) mass is 194 g/mol. The van der Waals surface area contributed by atoms with Crippen LogP contribution in [0.2, 0.25) is 18.1 Å². The smallest absolute Gasteiger partial charge is 0.417 e. The quantitative estimate of drug-likeness (QED) is 0.445. The largest absolute Gasteiger partial charge is 1.00 e. The van der Waals surface area contributed by atoms with Crippen molar-refractivity contribution >= 4 is 8.32 Å². The summed E-state index contributed by atoms with van der Waals surface area (Å²) in [5, 5.41) is 0. The second-order valence-electron chi connectivity index (χ2n) is 3.46. The molecule has 0 saturated heterocycles. The Balaban J connectivity index is 0. The molecular weight excluding hydrogens is 171 g/mol. The Morgan fingerprint density at radius 1 is 1.15 bits per heavy atom. The topological polar surface area (TPSA) is 9.23 Å². The van der Waals surface area contributed by atoms with Crippen molar-refractivity contribution in [2.75, 3.05) is 0 Å². The minimum Gasteiger partial charge on any atom is -0.417 e. The zero-order valence-electron chi connectivity index (χ0n) is 10.0. The average molecular weight is 194 g/mol. The molecule has 0 aromatic rings. The van der Waals surface area contributed by atoms with Gasteiger partial charge in [-0.25, -0.2) is 0 Å². The van der Waals surface area contributed by atoms with Gasteiger partial charge in [0.15, 0.2) is 8.32 Å². The third-order valence-electron chi connectivity index (χ3n) is 2.79. The van der Waals surface area contributed by atoms with Crippen molar-refractivity contribution in [3.63, 3.8) is 0 Å². The van der Waals surface area contributed by atoms with Crippen molar-refractivity contribution in [2.45, 2.75) is 58.4 Å². The maximum absolute atomic E-state index is 6.11. The zero-order chi connectivity index (χ0) is 9.61. The van der Waals surface area contributed by atoms with Crippen LogP contribution in [-0.4, -0.2) is 14.4 Å². The molecule has 0 aliphatic rings. The SMILES string of the molecule is [CH2-]CC(C)O[Si](CC)(CC)CC.[Li+]. The maximum Gasteiger partial charge on any atom is 1.00 e. The second kappa shape index (κ2) is 8.11. The van der Waals surface area contributed by atoms with Gasteiger partial charge in [-0.2, -0.15) is 6.42 Å². The van der Waals surface area contributed by atoms with Crippen LogP contribution in [0.5, 0.6) is 0 Å². The van der Waals surface area contributed by atoms with Gasteiger partial charge in [0, 0.05) is 6.10 Å².